The number of halogens is 1. The number of carbonyl (C=O) groups excluding carboxylic acids is 3. The molecule has 0 heterocycles. The predicted octanol–water partition coefficient (Wildman–Crippen LogP) is 2.13. The maximum atomic E-state index is 12.0. The van der Waals surface area contributed by atoms with Crippen molar-refractivity contribution in [3.05, 3.63) is 52.5 Å². The second kappa shape index (κ2) is 7.67. The first-order chi connectivity index (χ1) is 11.8. The van der Waals surface area contributed by atoms with Crippen molar-refractivity contribution in [3.63, 3.8) is 0 Å². The van der Waals surface area contributed by atoms with Gasteiger partial charge in [-0.3, -0.25) is 19.7 Å². The number of methoxy groups -OCH3 is 1. The minimum Gasteiger partial charge on any atom is -0.495 e. The Kier molecular flexibility index (Phi) is 5.61. The maximum Gasteiger partial charge on any atom is 0.316 e. The molecule has 0 aromatic heterocycles. The second-order valence-corrected chi connectivity index (χ2v) is 5.57. The van der Waals surface area contributed by atoms with E-state index in [0.717, 1.165) is 0 Å². The molecule has 3 amide bonds. The molecule has 0 spiro atoms. The van der Waals surface area contributed by atoms with Crippen LogP contribution >= 0.6 is 11.6 Å². The fourth-order valence-corrected chi connectivity index (χ4v) is 2.13. The highest BCUT2D eigenvalue weighted by molar-refractivity contribution is 6.42. The van der Waals surface area contributed by atoms with Crippen molar-refractivity contribution < 1.29 is 19.1 Å². The third-order valence-corrected chi connectivity index (χ3v) is 3.74. The van der Waals surface area contributed by atoms with Crippen LogP contribution in [0.5, 0.6) is 5.75 Å². The smallest absolute Gasteiger partial charge is 0.316 e. The Labute approximate surface area is 149 Å². The highest BCUT2D eigenvalue weighted by atomic mass is 35.5. The number of hydrogen-bond acceptors (Lipinski definition) is 5. The van der Waals surface area contributed by atoms with Crippen molar-refractivity contribution >= 4 is 40.7 Å². The first-order valence-electron chi connectivity index (χ1n) is 7.18. The van der Waals surface area contributed by atoms with Crippen LogP contribution in [0.4, 0.5) is 11.4 Å². The molecule has 0 unspecified atom stereocenters. The van der Waals surface area contributed by atoms with Gasteiger partial charge in [-0.05, 0) is 42.8 Å². The standard InChI is InChI=1S/C17H16ClN3O4/c1-9-7-13(14(25-2)8-12(9)18)20-16(23)17(24)21-15(22)10-3-5-11(19)6-4-10/h3-8H,19H2,1-2H3,(H,20,23)(H,21,22,24). The fraction of sp³-hybridized carbons (Fsp3) is 0.118. The lowest BCUT2D eigenvalue weighted by molar-refractivity contribution is -0.135. The van der Waals surface area contributed by atoms with Gasteiger partial charge in [0.05, 0.1) is 12.8 Å². The number of anilines is 2. The highest BCUT2D eigenvalue weighted by Crippen LogP contribution is 2.30. The van der Waals surface area contributed by atoms with E-state index < -0.39 is 17.7 Å². The average molecular weight is 362 g/mol. The van der Waals surface area contributed by atoms with E-state index in [4.69, 9.17) is 22.1 Å². The van der Waals surface area contributed by atoms with Crippen LogP contribution in [0.25, 0.3) is 0 Å². The lowest BCUT2D eigenvalue weighted by Gasteiger charge is -2.12. The van der Waals surface area contributed by atoms with Crippen molar-refractivity contribution in [1.82, 2.24) is 5.32 Å². The molecule has 0 saturated heterocycles. The number of nitrogens with two attached hydrogens (primary N) is 1. The van der Waals surface area contributed by atoms with Gasteiger partial charge in [0.25, 0.3) is 5.91 Å². The lowest BCUT2D eigenvalue weighted by atomic mass is 10.2. The molecule has 0 saturated carbocycles. The van der Waals surface area contributed by atoms with Gasteiger partial charge in [0.2, 0.25) is 0 Å². The Morgan fingerprint density at radius 3 is 2.32 bits per heavy atom. The van der Waals surface area contributed by atoms with Crippen molar-refractivity contribution in [3.8, 4) is 5.75 Å². The zero-order valence-corrected chi connectivity index (χ0v) is 14.3. The van der Waals surface area contributed by atoms with Crippen LogP contribution < -0.4 is 21.1 Å². The summed E-state index contributed by atoms with van der Waals surface area (Å²) in [5.41, 5.74) is 7.17. The summed E-state index contributed by atoms with van der Waals surface area (Å²) in [5, 5.41) is 4.85. The van der Waals surface area contributed by atoms with Crippen molar-refractivity contribution in [2.75, 3.05) is 18.2 Å². The van der Waals surface area contributed by atoms with E-state index in [1.807, 2.05) is 5.32 Å². The van der Waals surface area contributed by atoms with Gasteiger partial charge in [-0.15, -0.1) is 0 Å². The summed E-state index contributed by atoms with van der Waals surface area (Å²) in [5.74, 6) is -2.53. The summed E-state index contributed by atoms with van der Waals surface area (Å²) in [6, 6.07) is 9.00. The van der Waals surface area contributed by atoms with E-state index in [9.17, 15) is 14.4 Å². The molecule has 25 heavy (non-hydrogen) atoms. The molecule has 8 heteroatoms. The molecule has 0 aliphatic heterocycles. The van der Waals surface area contributed by atoms with E-state index >= 15 is 0 Å². The first-order valence-corrected chi connectivity index (χ1v) is 7.56. The number of imide groups is 1. The van der Waals surface area contributed by atoms with Gasteiger partial charge in [-0.1, -0.05) is 11.6 Å². The summed E-state index contributed by atoms with van der Waals surface area (Å²) in [4.78, 5) is 35.9. The molecule has 0 atom stereocenters. The Balaban J connectivity index is 2.08. The maximum absolute atomic E-state index is 12.0. The Morgan fingerprint density at radius 2 is 1.72 bits per heavy atom. The third-order valence-electron chi connectivity index (χ3n) is 3.34. The lowest BCUT2D eigenvalue weighted by Crippen LogP contribution is -2.39. The summed E-state index contributed by atoms with van der Waals surface area (Å²) in [7, 11) is 1.40. The average Bonchev–Trinajstić information content (AvgIpc) is 2.58. The van der Waals surface area contributed by atoms with E-state index in [2.05, 4.69) is 5.32 Å². The molecule has 2 aromatic carbocycles. The zero-order valence-electron chi connectivity index (χ0n) is 13.6. The summed E-state index contributed by atoms with van der Waals surface area (Å²) >= 11 is 5.99. The molecular weight excluding hydrogens is 346 g/mol. The normalized spacial score (nSPS) is 10.0. The number of carbonyl (C=O) groups is 3. The number of ether oxygens (including phenoxy) is 1. The molecule has 0 fully saturated rings. The number of amides is 3. The molecule has 0 bridgehead atoms. The Hall–Kier alpha value is -3.06. The minimum atomic E-state index is -1.10. The van der Waals surface area contributed by atoms with Gasteiger partial charge in [-0.2, -0.15) is 0 Å². The topological polar surface area (TPSA) is 111 Å². The molecule has 0 aliphatic carbocycles. The first kappa shape index (κ1) is 18.3. The fourth-order valence-electron chi connectivity index (χ4n) is 1.98. The van der Waals surface area contributed by atoms with Crippen LogP contribution in [0, 0.1) is 6.92 Å². The number of aryl methyl sites for hydroxylation is 1. The molecule has 7 nitrogen and oxygen atoms in total. The predicted molar refractivity (Wildman–Crippen MR) is 94.7 cm³/mol. The third kappa shape index (κ3) is 4.48. The minimum absolute atomic E-state index is 0.204. The number of nitrogen functional groups attached to an aromatic ring is 1. The van der Waals surface area contributed by atoms with Crippen LogP contribution in [0.15, 0.2) is 36.4 Å². The van der Waals surface area contributed by atoms with Crippen LogP contribution in [0.3, 0.4) is 0 Å². The van der Waals surface area contributed by atoms with Crippen molar-refractivity contribution in [2.24, 2.45) is 0 Å². The second-order valence-electron chi connectivity index (χ2n) is 5.16. The van der Waals surface area contributed by atoms with Gasteiger partial charge < -0.3 is 15.8 Å². The zero-order chi connectivity index (χ0) is 18.6. The van der Waals surface area contributed by atoms with Gasteiger partial charge in [0, 0.05) is 22.3 Å². The number of rotatable bonds is 3. The molecule has 2 rings (SSSR count). The summed E-state index contributed by atoms with van der Waals surface area (Å²) in [6.45, 7) is 1.74. The van der Waals surface area contributed by atoms with Gasteiger partial charge in [-0.25, -0.2) is 0 Å². The molecule has 4 N–H and O–H groups in total. The number of nitrogens with one attached hydrogen (secondary N) is 2. The van der Waals surface area contributed by atoms with Gasteiger partial charge >= 0.3 is 11.8 Å². The largest absolute Gasteiger partial charge is 0.495 e. The van der Waals surface area contributed by atoms with Crippen LogP contribution in [0.1, 0.15) is 15.9 Å². The molecule has 0 aliphatic rings. The Morgan fingerprint density at radius 1 is 1.08 bits per heavy atom. The number of hydrogen-bond donors (Lipinski definition) is 3. The van der Waals surface area contributed by atoms with E-state index in [-0.39, 0.29) is 11.3 Å². The monoisotopic (exact) mass is 361 g/mol. The van der Waals surface area contributed by atoms with Gasteiger partial charge in [0.1, 0.15) is 5.75 Å². The summed E-state index contributed by atoms with van der Waals surface area (Å²) < 4.78 is 5.11. The molecule has 2 aromatic rings. The van der Waals surface area contributed by atoms with Crippen molar-refractivity contribution in [2.45, 2.75) is 6.92 Å². The van der Waals surface area contributed by atoms with E-state index in [1.54, 1.807) is 13.0 Å². The molecule has 0 radical (unpaired) electrons. The quantitative estimate of drug-likeness (QED) is 0.573. The van der Waals surface area contributed by atoms with Crippen molar-refractivity contribution in [1.29, 1.82) is 0 Å². The van der Waals surface area contributed by atoms with Gasteiger partial charge in [0.15, 0.2) is 0 Å². The van der Waals surface area contributed by atoms with Crippen LogP contribution in [-0.4, -0.2) is 24.8 Å². The van der Waals surface area contributed by atoms with E-state index in [1.165, 1.54) is 37.4 Å². The van der Waals surface area contributed by atoms with E-state index in [0.29, 0.717) is 22.0 Å². The molecular formula is C17H16ClN3O4. The Bertz CT molecular complexity index is 835. The number of benzene rings is 2. The van der Waals surface area contributed by atoms with Crippen LogP contribution in [0.2, 0.25) is 5.02 Å². The highest BCUT2D eigenvalue weighted by Gasteiger charge is 2.20. The van der Waals surface area contributed by atoms with Crippen LogP contribution in [-0.2, 0) is 9.59 Å². The summed E-state index contributed by atoms with van der Waals surface area (Å²) in [6.07, 6.45) is 0. The SMILES string of the molecule is COc1cc(Cl)c(C)cc1NC(=O)C(=O)NC(=O)c1ccc(N)cc1. The molecule has 130 valence electrons.